The monoisotopic (exact) mass is 396 g/mol. The molecule has 26 heavy (non-hydrogen) atoms. The van der Waals surface area contributed by atoms with E-state index in [2.05, 4.69) is 10.3 Å². The average molecular weight is 397 g/mol. The molecular weight excluding hydrogens is 383 g/mol. The minimum Gasteiger partial charge on any atom is -0.454 e. The van der Waals surface area contributed by atoms with Crippen molar-refractivity contribution in [2.24, 2.45) is 0 Å². The largest absolute Gasteiger partial charge is 0.454 e. The number of pyridine rings is 1. The van der Waals surface area contributed by atoms with Crippen LogP contribution in [0.1, 0.15) is 28.9 Å². The maximum absolute atomic E-state index is 12.0. The maximum atomic E-state index is 12.0. The van der Waals surface area contributed by atoms with E-state index in [9.17, 15) is 9.59 Å². The summed E-state index contributed by atoms with van der Waals surface area (Å²) in [6, 6.07) is 6.42. The summed E-state index contributed by atoms with van der Waals surface area (Å²) >= 11 is 11.5. The van der Waals surface area contributed by atoms with Gasteiger partial charge in [0, 0.05) is 6.20 Å². The second kappa shape index (κ2) is 7.80. The first-order chi connectivity index (χ1) is 12.4. The molecule has 0 fully saturated rings. The standard InChI is InChI=1S/C17H14Cl2N2O5/c1-9(10-2-3-13-14(5-10)26-8-25-13)21-15(22)7-24-17(23)11-4-12(18)16(19)20-6-11/h2-6,9H,7-8H2,1H3,(H,21,22)/t9-/m0/s1. The molecule has 7 nitrogen and oxygen atoms in total. The van der Waals surface area contributed by atoms with E-state index in [4.69, 9.17) is 37.4 Å². The van der Waals surface area contributed by atoms with Crippen LogP contribution in [0.3, 0.4) is 0 Å². The lowest BCUT2D eigenvalue weighted by molar-refractivity contribution is -0.124. The third kappa shape index (κ3) is 4.17. The van der Waals surface area contributed by atoms with E-state index >= 15 is 0 Å². The van der Waals surface area contributed by atoms with Crippen LogP contribution < -0.4 is 14.8 Å². The van der Waals surface area contributed by atoms with Crippen molar-refractivity contribution < 1.29 is 23.8 Å². The van der Waals surface area contributed by atoms with Crippen molar-refractivity contribution in [3.05, 3.63) is 51.8 Å². The highest BCUT2D eigenvalue weighted by Gasteiger charge is 2.18. The van der Waals surface area contributed by atoms with Crippen LogP contribution in [0, 0.1) is 0 Å². The Morgan fingerprint density at radius 2 is 2.04 bits per heavy atom. The van der Waals surface area contributed by atoms with Crippen molar-refractivity contribution in [2.75, 3.05) is 13.4 Å². The number of rotatable bonds is 5. The average Bonchev–Trinajstić information content (AvgIpc) is 3.09. The van der Waals surface area contributed by atoms with Gasteiger partial charge < -0.3 is 19.5 Å². The fraction of sp³-hybridized carbons (Fsp3) is 0.235. The number of aromatic nitrogens is 1. The van der Waals surface area contributed by atoms with Gasteiger partial charge in [-0.2, -0.15) is 0 Å². The molecule has 2 heterocycles. The van der Waals surface area contributed by atoms with Gasteiger partial charge in [-0.3, -0.25) is 4.79 Å². The molecule has 1 aliphatic heterocycles. The lowest BCUT2D eigenvalue weighted by Gasteiger charge is -2.15. The Bertz CT molecular complexity index is 859. The SMILES string of the molecule is C[C@H](NC(=O)COC(=O)c1cnc(Cl)c(Cl)c1)c1ccc2c(c1)OCO2. The number of hydrogen-bond donors (Lipinski definition) is 1. The van der Waals surface area contributed by atoms with Gasteiger partial charge in [0.05, 0.1) is 16.6 Å². The molecule has 1 aromatic heterocycles. The Morgan fingerprint density at radius 1 is 1.27 bits per heavy atom. The fourth-order valence-electron chi connectivity index (χ4n) is 2.30. The third-order valence-electron chi connectivity index (χ3n) is 3.64. The minimum atomic E-state index is -0.720. The summed E-state index contributed by atoms with van der Waals surface area (Å²) in [5, 5.41) is 2.95. The van der Waals surface area contributed by atoms with Gasteiger partial charge in [-0.1, -0.05) is 29.3 Å². The molecule has 9 heteroatoms. The number of carbonyl (C=O) groups excluding carboxylic acids is 2. The molecule has 1 aliphatic rings. The quantitative estimate of drug-likeness (QED) is 0.616. The lowest BCUT2D eigenvalue weighted by Crippen LogP contribution is -2.31. The Balaban J connectivity index is 1.53. The summed E-state index contributed by atoms with van der Waals surface area (Å²) in [7, 11) is 0. The summed E-state index contributed by atoms with van der Waals surface area (Å²) in [6.45, 7) is 1.55. The zero-order valence-corrected chi connectivity index (χ0v) is 15.1. The van der Waals surface area contributed by atoms with Gasteiger partial charge in [0.25, 0.3) is 5.91 Å². The van der Waals surface area contributed by atoms with Crippen LogP contribution in [-0.4, -0.2) is 30.3 Å². The Kier molecular flexibility index (Phi) is 5.49. The number of hydrogen-bond acceptors (Lipinski definition) is 6. The van der Waals surface area contributed by atoms with Crippen molar-refractivity contribution in [3.8, 4) is 11.5 Å². The minimum absolute atomic E-state index is 0.0820. The maximum Gasteiger partial charge on any atom is 0.340 e. The van der Waals surface area contributed by atoms with Gasteiger partial charge in [0.15, 0.2) is 18.1 Å². The van der Waals surface area contributed by atoms with Gasteiger partial charge in [-0.15, -0.1) is 0 Å². The molecule has 0 unspecified atom stereocenters. The smallest absolute Gasteiger partial charge is 0.340 e. The van der Waals surface area contributed by atoms with E-state index in [-0.39, 0.29) is 28.6 Å². The number of benzene rings is 1. The van der Waals surface area contributed by atoms with E-state index in [0.717, 1.165) is 5.56 Å². The van der Waals surface area contributed by atoms with E-state index in [1.165, 1.54) is 12.3 Å². The van der Waals surface area contributed by atoms with E-state index in [0.29, 0.717) is 11.5 Å². The number of amides is 1. The van der Waals surface area contributed by atoms with Crippen molar-refractivity contribution in [3.63, 3.8) is 0 Å². The molecule has 1 atom stereocenters. The van der Waals surface area contributed by atoms with Crippen LogP contribution in [0.5, 0.6) is 11.5 Å². The number of halogens is 2. The number of fused-ring (bicyclic) bond motifs is 1. The van der Waals surface area contributed by atoms with Crippen LogP contribution in [0.4, 0.5) is 0 Å². The molecule has 1 amide bonds. The predicted molar refractivity (Wildman–Crippen MR) is 93.7 cm³/mol. The predicted octanol–water partition coefficient (Wildman–Crippen LogP) is 3.15. The molecule has 0 aliphatic carbocycles. The highest BCUT2D eigenvalue weighted by molar-refractivity contribution is 6.41. The zero-order valence-electron chi connectivity index (χ0n) is 13.6. The van der Waals surface area contributed by atoms with Crippen LogP contribution in [0.15, 0.2) is 30.5 Å². The van der Waals surface area contributed by atoms with Crippen molar-refractivity contribution in [1.82, 2.24) is 10.3 Å². The number of nitrogens with one attached hydrogen (secondary N) is 1. The van der Waals surface area contributed by atoms with Gasteiger partial charge in [0.2, 0.25) is 6.79 Å². The zero-order chi connectivity index (χ0) is 18.7. The highest BCUT2D eigenvalue weighted by Crippen LogP contribution is 2.34. The van der Waals surface area contributed by atoms with Gasteiger partial charge >= 0.3 is 5.97 Å². The Morgan fingerprint density at radius 3 is 2.81 bits per heavy atom. The number of ether oxygens (including phenoxy) is 3. The molecule has 1 N–H and O–H groups in total. The third-order valence-corrected chi connectivity index (χ3v) is 4.33. The molecular formula is C17H14Cl2N2O5. The Hall–Kier alpha value is -2.51. The lowest BCUT2D eigenvalue weighted by atomic mass is 10.1. The first-order valence-corrected chi connectivity index (χ1v) is 8.36. The molecule has 3 rings (SSSR count). The molecule has 0 radical (unpaired) electrons. The first kappa shape index (κ1) is 18.3. The van der Waals surface area contributed by atoms with E-state index in [1.807, 2.05) is 6.07 Å². The summed E-state index contributed by atoms with van der Waals surface area (Å²) < 4.78 is 15.5. The molecule has 2 aromatic rings. The fourth-order valence-corrected chi connectivity index (χ4v) is 2.57. The Labute approximate surface area is 159 Å². The van der Waals surface area contributed by atoms with Gasteiger partial charge in [-0.05, 0) is 30.7 Å². The molecule has 0 bridgehead atoms. The molecule has 0 spiro atoms. The van der Waals surface area contributed by atoms with Crippen molar-refractivity contribution in [2.45, 2.75) is 13.0 Å². The van der Waals surface area contributed by atoms with Gasteiger partial charge in [0.1, 0.15) is 5.15 Å². The number of carbonyl (C=O) groups is 2. The molecule has 0 saturated carbocycles. The van der Waals surface area contributed by atoms with Crippen LogP contribution in [0.2, 0.25) is 10.2 Å². The van der Waals surface area contributed by atoms with Crippen molar-refractivity contribution >= 4 is 35.1 Å². The van der Waals surface area contributed by atoms with Crippen LogP contribution in [-0.2, 0) is 9.53 Å². The first-order valence-electron chi connectivity index (χ1n) is 7.61. The molecule has 136 valence electrons. The normalized spacial score (nSPS) is 13.2. The van der Waals surface area contributed by atoms with E-state index in [1.54, 1.807) is 19.1 Å². The summed E-state index contributed by atoms with van der Waals surface area (Å²) in [5.74, 6) is 0.122. The van der Waals surface area contributed by atoms with E-state index < -0.39 is 18.5 Å². The summed E-state index contributed by atoms with van der Waals surface area (Å²) in [4.78, 5) is 27.7. The second-order valence-electron chi connectivity index (χ2n) is 5.47. The van der Waals surface area contributed by atoms with Crippen molar-refractivity contribution in [1.29, 1.82) is 0 Å². The van der Waals surface area contributed by atoms with Gasteiger partial charge in [-0.25, -0.2) is 9.78 Å². The van der Waals surface area contributed by atoms with Crippen LogP contribution >= 0.6 is 23.2 Å². The molecule has 1 aromatic carbocycles. The second-order valence-corrected chi connectivity index (χ2v) is 6.24. The van der Waals surface area contributed by atoms with Crippen LogP contribution in [0.25, 0.3) is 0 Å². The topological polar surface area (TPSA) is 86.8 Å². The highest BCUT2D eigenvalue weighted by atomic mass is 35.5. The summed E-state index contributed by atoms with van der Waals surface area (Å²) in [6.07, 6.45) is 1.23. The molecule has 0 saturated heterocycles. The number of nitrogens with zero attached hydrogens (tertiary/aromatic N) is 1. The number of esters is 1. The summed E-state index contributed by atoms with van der Waals surface area (Å²) in [5.41, 5.74) is 0.943.